The van der Waals surface area contributed by atoms with Crippen molar-refractivity contribution in [2.75, 3.05) is 0 Å². The van der Waals surface area contributed by atoms with E-state index in [2.05, 4.69) is 0 Å². The lowest BCUT2D eigenvalue weighted by atomic mass is 10.1. The van der Waals surface area contributed by atoms with Crippen LogP contribution in [0.3, 0.4) is 0 Å². The van der Waals surface area contributed by atoms with E-state index in [9.17, 15) is 4.79 Å². The molecule has 1 atom stereocenters. The first kappa shape index (κ1) is 5.76. The van der Waals surface area contributed by atoms with E-state index in [0.29, 0.717) is 6.42 Å². The molecule has 0 saturated carbocycles. The average Bonchev–Trinajstić information content (AvgIpc) is 2.15. The Hall–Kier alpha value is -0.370. The first-order valence-corrected chi connectivity index (χ1v) is 2.78. The number of aldehydes is 1. The summed E-state index contributed by atoms with van der Waals surface area (Å²) in [6, 6.07) is 0. The van der Waals surface area contributed by atoms with Gasteiger partial charge in [0, 0.05) is 6.42 Å². The van der Waals surface area contributed by atoms with Crippen molar-refractivity contribution >= 4 is 6.29 Å². The van der Waals surface area contributed by atoms with E-state index < -0.39 is 0 Å². The van der Waals surface area contributed by atoms with E-state index in [4.69, 9.17) is 4.74 Å². The zero-order valence-electron chi connectivity index (χ0n) is 5.18. The van der Waals surface area contributed by atoms with Crippen molar-refractivity contribution in [1.82, 2.24) is 0 Å². The van der Waals surface area contributed by atoms with Gasteiger partial charge < -0.3 is 9.53 Å². The van der Waals surface area contributed by atoms with Gasteiger partial charge >= 0.3 is 0 Å². The van der Waals surface area contributed by atoms with Crippen LogP contribution in [-0.2, 0) is 9.53 Å². The minimum atomic E-state index is -0.0130. The summed E-state index contributed by atoms with van der Waals surface area (Å²) in [6.45, 7) is 3.97. The highest BCUT2D eigenvalue weighted by atomic mass is 16.6. The second-order valence-electron chi connectivity index (χ2n) is 2.61. The van der Waals surface area contributed by atoms with Gasteiger partial charge in [-0.25, -0.2) is 0 Å². The second-order valence-corrected chi connectivity index (χ2v) is 2.61. The first-order valence-electron chi connectivity index (χ1n) is 2.78. The number of carbonyl (C=O) groups excluding carboxylic acids is 1. The summed E-state index contributed by atoms with van der Waals surface area (Å²) < 4.78 is 5.11. The van der Waals surface area contributed by atoms with Gasteiger partial charge in [-0.1, -0.05) is 0 Å². The molecule has 8 heavy (non-hydrogen) atoms. The lowest BCUT2D eigenvalue weighted by Gasteiger charge is -1.87. The molecule has 0 aromatic carbocycles. The minimum absolute atomic E-state index is 0.0130. The standard InChI is InChI=1S/C6H10O2/c1-6(2)5(8-6)3-4-7/h4-5H,3H2,1-2H3. The topological polar surface area (TPSA) is 29.6 Å². The maximum absolute atomic E-state index is 9.86. The van der Waals surface area contributed by atoms with Crippen LogP contribution in [0, 0.1) is 0 Å². The molecule has 46 valence electrons. The fourth-order valence-electron chi connectivity index (χ4n) is 0.752. The highest BCUT2D eigenvalue weighted by molar-refractivity contribution is 5.51. The molecule has 0 radical (unpaired) electrons. The first-order chi connectivity index (χ1) is 3.67. The average molecular weight is 114 g/mol. The number of epoxide rings is 1. The van der Waals surface area contributed by atoms with E-state index in [1.54, 1.807) is 0 Å². The van der Waals surface area contributed by atoms with Gasteiger partial charge in [0.05, 0.1) is 11.7 Å². The fraction of sp³-hybridized carbons (Fsp3) is 0.833. The van der Waals surface area contributed by atoms with Gasteiger partial charge in [0.2, 0.25) is 0 Å². The van der Waals surface area contributed by atoms with Crippen molar-refractivity contribution in [2.45, 2.75) is 32.0 Å². The summed E-state index contributed by atoms with van der Waals surface area (Å²) in [5, 5.41) is 0. The number of hydrogen-bond donors (Lipinski definition) is 0. The van der Waals surface area contributed by atoms with Crippen LogP contribution in [-0.4, -0.2) is 18.0 Å². The maximum atomic E-state index is 9.86. The molecule has 0 aliphatic carbocycles. The Balaban J connectivity index is 2.26. The molecule has 2 heteroatoms. The minimum Gasteiger partial charge on any atom is -0.366 e. The molecule has 2 nitrogen and oxygen atoms in total. The maximum Gasteiger partial charge on any atom is 0.122 e. The number of carbonyl (C=O) groups is 1. The van der Waals surface area contributed by atoms with Gasteiger partial charge in [0.15, 0.2) is 0 Å². The molecular weight excluding hydrogens is 104 g/mol. The summed E-state index contributed by atoms with van der Waals surface area (Å²) in [5.41, 5.74) is -0.0130. The molecule has 0 N–H and O–H groups in total. The third-order valence-corrected chi connectivity index (χ3v) is 1.47. The van der Waals surface area contributed by atoms with E-state index in [-0.39, 0.29) is 11.7 Å². The summed E-state index contributed by atoms with van der Waals surface area (Å²) in [7, 11) is 0. The largest absolute Gasteiger partial charge is 0.366 e. The molecule has 1 aliphatic rings. The number of hydrogen-bond acceptors (Lipinski definition) is 2. The molecule has 0 bridgehead atoms. The SMILES string of the molecule is CC1(C)OC1CC=O. The second kappa shape index (κ2) is 1.55. The zero-order chi connectivity index (χ0) is 6.20. The van der Waals surface area contributed by atoms with Crippen molar-refractivity contribution in [3.8, 4) is 0 Å². The third-order valence-electron chi connectivity index (χ3n) is 1.47. The van der Waals surface area contributed by atoms with Gasteiger partial charge in [-0.3, -0.25) is 0 Å². The van der Waals surface area contributed by atoms with E-state index in [0.717, 1.165) is 6.29 Å². The van der Waals surface area contributed by atoms with Crippen molar-refractivity contribution in [3.05, 3.63) is 0 Å². The van der Waals surface area contributed by atoms with Crippen LogP contribution in [0.2, 0.25) is 0 Å². The Bertz CT molecular complexity index is 107. The van der Waals surface area contributed by atoms with Gasteiger partial charge in [-0.15, -0.1) is 0 Å². The predicted octanol–water partition coefficient (Wildman–Crippen LogP) is 0.753. The van der Waals surface area contributed by atoms with Crippen LogP contribution in [0.4, 0.5) is 0 Å². The number of rotatable bonds is 2. The molecule has 1 aliphatic heterocycles. The lowest BCUT2D eigenvalue weighted by molar-refractivity contribution is -0.108. The summed E-state index contributed by atoms with van der Waals surface area (Å²) in [4.78, 5) is 9.86. The lowest BCUT2D eigenvalue weighted by Crippen LogP contribution is -2.02. The Morgan fingerprint density at radius 2 is 2.25 bits per heavy atom. The molecule has 1 fully saturated rings. The van der Waals surface area contributed by atoms with Crippen molar-refractivity contribution in [1.29, 1.82) is 0 Å². The van der Waals surface area contributed by atoms with E-state index >= 15 is 0 Å². The third kappa shape index (κ3) is 0.892. The smallest absolute Gasteiger partial charge is 0.122 e. The highest BCUT2D eigenvalue weighted by Gasteiger charge is 2.46. The molecule has 0 spiro atoms. The molecule has 1 saturated heterocycles. The van der Waals surface area contributed by atoms with Crippen molar-refractivity contribution in [3.63, 3.8) is 0 Å². The molecular formula is C6H10O2. The van der Waals surface area contributed by atoms with Crippen LogP contribution in [0.25, 0.3) is 0 Å². The summed E-state index contributed by atoms with van der Waals surface area (Å²) in [5.74, 6) is 0. The van der Waals surface area contributed by atoms with Gasteiger partial charge in [0.1, 0.15) is 6.29 Å². The van der Waals surface area contributed by atoms with E-state index in [1.807, 2.05) is 13.8 Å². The van der Waals surface area contributed by atoms with Gasteiger partial charge in [-0.2, -0.15) is 0 Å². The molecule has 1 rings (SSSR count). The van der Waals surface area contributed by atoms with Crippen LogP contribution in [0.5, 0.6) is 0 Å². The number of ether oxygens (including phenoxy) is 1. The quantitative estimate of drug-likeness (QED) is 0.391. The highest BCUT2D eigenvalue weighted by Crippen LogP contribution is 2.36. The molecule has 1 heterocycles. The van der Waals surface area contributed by atoms with Gasteiger partial charge in [-0.05, 0) is 13.8 Å². The monoisotopic (exact) mass is 114 g/mol. The predicted molar refractivity (Wildman–Crippen MR) is 29.6 cm³/mol. The molecule has 0 aromatic heterocycles. The Morgan fingerprint density at radius 1 is 1.75 bits per heavy atom. The van der Waals surface area contributed by atoms with Crippen LogP contribution in [0.15, 0.2) is 0 Å². The van der Waals surface area contributed by atoms with Gasteiger partial charge in [0.25, 0.3) is 0 Å². The summed E-state index contributed by atoms with van der Waals surface area (Å²) >= 11 is 0. The van der Waals surface area contributed by atoms with Crippen LogP contribution >= 0.6 is 0 Å². The molecule has 0 aromatic rings. The Kier molecular flexibility index (Phi) is 1.12. The Labute approximate surface area is 48.8 Å². The molecule has 0 amide bonds. The Morgan fingerprint density at radius 3 is 2.38 bits per heavy atom. The summed E-state index contributed by atoms with van der Waals surface area (Å²) in [6.07, 6.45) is 1.65. The van der Waals surface area contributed by atoms with Crippen molar-refractivity contribution < 1.29 is 9.53 Å². The van der Waals surface area contributed by atoms with E-state index in [1.165, 1.54) is 0 Å². The van der Waals surface area contributed by atoms with Crippen LogP contribution in [0.1, 0.15) is 20.3 Å². The zero-order valence-corrected chi connectivity index (χ0v) is 5.18. The molecule has 1 unspecified atom stereocenters. The fourth-order valence-corrected chi connectivity index (χ4v) is 0.752. The normalized spacial score (nSPS) is 32.0. The van der Waals surface area contributed by atoms with Crippen LogP contribution < -0.4 is 0 Å². The van der Waals surface area contributed by atoms with Crippen molar-refractivity contribution in [2.24, 2.45) is 0 Å².